The van der Waals surface area contributed by atoms with Gasteiger partial charge in [-0.2, -0.15) is 0 Å². The summed E-state index contributed by atoms with van der Waals surface area (Å²) in [6.07, 6.45) is 2.06. The first-order valence-electron chi connectivity index (χ1n) is 6.68. The molecule has 120 valence electrons. The second kappa shape index (κ2) is 8.66. The molecule has 0 radical (unpaired) electrons. The normalized spacial score (nSPS) is 11.0. The monoisotopic (exact) mass is 309 g/mol. The van der Waals surface area contributed by atoms with Crippen LogP contribution in [0.5, 0.6) is 11.5 Å². The zero-order chi connectivity index (χ0) is 16.5. The van der Waals surface area contributed by atoms with Gasteiger partial charge in [0.15, 0.2) is 11.5 Å². The number of benzene rings is 1. The van der Waals surface area contributed by atoms with Gasteiger partial charge in [0.2, 0.25) is 5.70 Å². The van der Waals surface area contributed by atoms with E-state index in [1.54, 1.807) is 18.2 Å². The van der Waals surface area contributed by atoms with Gasteiger partial charge in [-0.05, 0) is 24.1 Å². The molecule has 0 atom stereocenters. The van der Waals surface area contributed by atoms with Crippen molar-refractivity contribution < 1.29 is 23.9 Å². The Labute approximate surface area is 128 Å². The van der Waals surface area contributed by atoms with Crippen LogP contribution >= 0.6 is 0 Å². The molecule has 7 heteroatoms. The summed E-state index contributed by atoms with van der Waals surface area (Å²) in [5.74, 6) is 0.655. The number of carbonyl (C=O) groups is 1. The average Bonchev–Trinajstić information content (AvgIpc) is 2.49. The summed E-state index contributed by atoms with van der Waals surface area (Å²) >= 11 is 0. The first-order chi connectivity index (χ1) is 10.5. The number of hydrogen-bond acceptors (Lipinski definition) is 6. The average molecular weight is 309 g/mol. The van der Waals surface area contributed by atoms with Gasteiger partial charge >= 0.3 is 5.97 Å². The van der Waals surface area contributed by atoms with Crippen LogP contribution < -0.4 is 9.47 Å². The number of carbonyl (C=O) groups excluding carboxylic acids is 1. The zero-order valence-corrected chi connectivity index (χ0v) is 12.8. The van der Waals surface area contributed by atoms with E-state index in [9.17, 15) is 14.9 Å². The Morgan fingerprint density at radius 2 is 1.95 bits per heavy atom. The van der Waals surface area contributed by atoms with Gasteiger partial charge in [0.05, 0.1) is 25.7 Å². The molecule has 0 aliphatic carbocycles. The van der Waals surface area contributed by atoms with Crippen LogP contribution in [0.25, 0.3) is 6.08 Å². The Kier molecular flexibility index (Phi) is 6.88. The quantitative estimate of drug-likeness (QED) is 0.317. The number of methoxy groups -OCH3 is 2. The van der Waals surface area contributed by atoms with Crippen LogP contribution in [0.4, 0.5) is 0 Å². The molecule has 0 aliphatic rings. The summed E-state index contributed by atoms with van der Waals surface area (Å²) in [4.78, 5) is 21.3. The number of nitro groups is 1. The highest BCUT2D eigenvalue weighted by Gasteiger charge is 2.12. The molecule has 0 amide bonds. The maximum Gasteiger partial charge on any atom is 0.302 e. The van der Waals surface area contributed by atoms with Crippen LogP contribution in [-0.2, 0) is 9.53 Å². The molecule has 0 aromatic heterocycles. The molecular weight excluding hydrogens is 290 g/mol. The second-order valence-electron chi connectivity index (χ2n) is 4.45. The van der Waals surface area contributed by atoms with E-state index < -0.39 is 10.9 Å². The minimum absolute atomic E-state index is 0.0411. The first-order valence-corrected chi connectivity index (χ1v) is 6.68. The van der Waals surface area contributed by atoms with Gasteiger partial charge < -0.3 is 14.2 Å². The van der Waals surface area contributed by atoms with E-state index in [0.29, 0.717) is 23.5 Å². The fraction of sp³-hybridized carbons (Fsp3) is 0.400. The van der Waals surface area contributed by atoms with Crippen LogP contribution in [0.15, 0.2) is 23.9 Å². The molecule has 0 saturated carbocycles. The van der Waals surface area contributed by atoms with Crippen molar-refractivity contribution in [1.29, 1.82) is 0 Å². The lowest BCUT2D eigenvalue weighted by Crippen LogP contribution is -2.04. The first kappa shape index (κ1) is 17.5. The van der Waals surface area contributed by atoms with E-state index in [4.69, 9.17) is 14.2 Å². The van der Waals surface area contributed by atoms with E-state index in [1.165, 1.54) is 27.2 Å². The summed E-state index contributed by atoms with van der Waals surface area (Å²) < 4.78 is 15.0. The summed E-state index contributed by atoms with van der Waals surface area (Å²) in [5.41, 5.74) is 0.677. The van der Waals surface area contributed by atoms with E-state index in [2.05, 4.69) is 0 Å². The molecule has 1 rings (SSSR count). The topological polar surface area (TPSA) is 87.9 Å². The number of allylic oxidation sites excluding steroid dienone is 1. The Balaban J connectivity index is 2.84. The SMILES string of the molecule is COc1ccc(/C=C(/CCCOC(C)=O)[N+](=O)[O-])cc1OC. The molecule has 22 heavy (non-hydrogen) atoms. The third-order valence-corrected chi connectivity index (χ3v) is 2.86. The van der Waals surface area contributed by atoms with Crippen molar-refractivity contribution in [1.82, 2.24) is 0 Å². The van der Waals surface area contributed by atoms with E-state index in [0.717, 1.165) is 0 Å². The van der Waals surface area contributed by atoms with E-state index >= 15 is 0 Å². The van der Waals surface area contributed by atoms with Crippen molar-refractivity contribution in [3.05, 3.63) is 39.6 Å². The van der Waals surface area contributed by atoms with Gasteiger partial charge in [-0.3, -0.25) is 14.9 Å². The van der Waals surface area contributed by atoms with Gasteiger partial charge in [0.25, 0.3) is 0 Å². The van der Waals surface area contributed by atoms with Gasteiger partial charge in [-0.1, -0.05) is 6.07 Å². The Morgan fingerprint density at radius 3 is 2.50 bits per heavy atom. The minimum atomic E-state index is -0.440. The van der Waals surface area contributed by atoms with Gasteiger partial charge in [-0.15, -0.1) is 0 Å². The largest absolute Gasteiger partial charge is 0.493 e. The Bertz CT molecular complexity index is 567. The van der Waals surface area contributed by atoms with Crippen molar-refractivity contribution in [2.75, 3.05) is 20.8 Å². The lowest BCUT2D eigenvalue weighted by atomic mass is 10.1. The number of rotatable bonds is 8. The van der Waals surface area contributed by atoms with E-state index in [1.807, 2.05) is 0 Å². The fourth-order valence-corrected chi connectivity index (χ4v) is 1.82. The van der Waals surface area contributed by atoms with Crippen LogP contribution in [0.1, 0.15) is 25.3 Å². The molecular formula is C15H19NO6. The van der Waals surface area contributed by atoms with Gasteiger partial charge in [-0.25, -0.2) is 0 Å². The van der Waals surface area contributed by atoms with Gasteiger partial charge in [0.1, 0.15) is 0 Å². The molecule has 0 N–H and O–H groups in total. The summed E-state index contributed by atoms with van der Waals surface area (Å²) in [6, 6.07) is 5.05. The highest BCUT2D eigenvalue weighted by molar-refractivity contribution is 5.65. The molecule has 0 bridgehead atoms. The third kappa shape index (κ3) is 5.43. The number of esters is 1. The van der Waals surface area contributed by atoms with Gasteiger partial charge in [0, 0.05) is 19.4 Å². The van der Waals surface area contributed by atoms with Crippen LogP contribution in [-0.4, -0.2) is 31.7 Å². The molecule has 0 heterocycles. The van der Waals surface area contributed by atoms with Crippen LogP contribution in [0, 0.1) is 10.1 Å². The summed E-state index contributed by atoms with van der Waals surface area (Å²) in [7, 11) is 3.02. The summed E-state index contributed by atoms with van der Waals surface area (Å²) in [6.45, 7) is 1.46. The summed E-state index contributed by atoms with van der Waals surface area (Å²) in [5, 5.41) is 11.1. The predicted molar refractivity (Wildman–Crippen MR) is 80.4 cm³/mol. The van der Waals surface area contributed by atoms with Crippen molar-refractivity contribution >= 4 is 12.0 Å². The zero-order valence-electron chi connectivity index (χ0n) is 12.8. The van der Waals surface area contributed by atoms with Crippen molar-refractivity contribution in [3.63, 3.8) is 0 Å². The Morgan fingerprint density at radius 1 is 1.27 bits per heavy atom. The number of nitrogens with zero attached hydrogens (tertiary/aromatic N) is 1. The van der Waals surface area contributed by atoms with E-state index in [-0.39, 0.29) is 18.7 Å². The molecule has 0 spiro atoms. The smallest absolute Gasteiger partial charge is 0.302 e. The Hall–Kier alpha value is -2.57. The van der Waals surface area contributed by atoms with Crippen LogP contribution in [0.3, 0.4) is 0 Å². The highest BCUT2D eigenvalue weighted by Crippen LogP contribution is 2.28. The molecule has 0 saturated heterocycles. The number of ether oxygens (including phenoxy) is 3. The molecule has 0 fully saturated rings. The molecule has 1 aromatic rings. The molecule has 7 nitrogen and oxygen atoms in total. The molecule has 0 unspecified atom stereocenters. The van der Waals surface area contributed by atoms with Crippen molar-refractivity contribution in [2.24, 2.45) is 0 Å². The standard InChI is InChI=1S/C15H19NO6/c1-11(17)22-8-4-5-13(16(18)19)9-12-6-7-14(20-2)15(10-12)21-3/h6-7,9-10H,4-5,8H2,1-3H3/b13-9-. The molecule has 1 aromatic carbocycles. The lowest BCUT2D eigenvalue weighted by Gasteiger charge is -2.08. The third-order valence-electron chi connectivity index (χ3n) is 2.86. The number of hydrogen-bond donors (Lipinski definition) is 0. The second-order valence-corrected chi connectivity index (χ2v) is 4.45. The fourth-order valence-electron chi connectivity index (χ4n) is 1.82. The van der Waals surface area contributed by atoms with Crippen LogP contribution in [0.2, 0.25) is 0 Å². The molecule has 0 aliphatic heterocycles. The lowest BCUT2D eigenvalue weighted by molar-refractivity contribution is -0.426. The minimum Gasteiger partial charge on any atom is -0.493 e. The predicted octanol–water partition coefficient (Wildman–Crippen LogP) is 2.66. The maximum atomic E-state index is 11.1. The van der Waals surface area contributed by atoms with Crippen molar-refractivity contribution in [3.8, 4) is 11.5 Å². The highest BCUT2D eigenvalue weighted by atomic mass is 16.6. The maximum absolute atomic E-state index is 11.1. The van der Waals surface area contributed by atoms with Crippen molar-refractivity contribution in [2.45, 2.75) is 19.8 Å².